The third kappa shape index (κ3) is 3.32. The van der Waals surface area contributed by atoms with Crippen molar-refractivity contribution in [2.24, 2.45) is 0 Å². The van der Waals surface area contributed by atoms with Crippen molar-refractivity contribution in [2.45, 2.75) is 11.8 Å². The van der Waals surface area contributed by atoms with Crippen molar-refractivity contribution >= 4 is 56.2 Å². The van der Waals surface area contributed by atoms with Crippen LogP contribution in [0.4, 0.5) is 5.69 Å². The zero-order valence-corrected chi connectivity index (χ0v) is 13.7. The number of thiophene rings is 1. The SMILES string of the molecule is Cc1csc(C(=O)O)c1S(=O)(=O)Nc1ccc(Cl)cc1Cl. The highest BCUT2D eigenvalue weighted by molar-refractivity contribution is 7.93. The van der Waals surface area contributed by atoms with Gasteiger partial charge in [-0.15, -0.1) is 11.3 Å². The predicted octanol–water partition coefficient (Wildman–Crippen LogP) is 3.86. The largest absolute Gasteiger partial charge is 0.477 e. The third-order valence-corrected chi connectivity index (χ3v) is 5.87. The molecule has 0 amide bonds. The van der Waals surface area contributed by atoms with E-state index in [1.54, 1.807) is 0 Å². The lowest BCUT2D eigenvalue weighted by Crippen LogP contribution is -2.16. The van der Waals surface area contributed by atoms with E-state index >= 15 is 0 Å². The molecular formula is C12H9Cl2NO4S2. The summed E-state index contributed by atoms with van der Waals surface area (Å²) >= 11 is 12.5. The van der Waals surface area contributed by atoms with Gasteiger partial charge in [0.25, 0.3) is 10.0 Å². The highest BCUT2D eigenvalue weighted by Crippen LogP contribution is 2.31. The normalized spacial score (nSPS) is 11.4. The summed E-state index contributed by atoms with van der Waals surface area (Å²) in [7, 11) is -4.06. The van der Waals surface area contributed by atoms with Gasteiger partial charge >= 0.3 is 5.97 Å². The molecule has 0 aliphatic carbocycles. The summed E-state index contributed by atoms with van der Waals surface area (Å²) in [4.78, 5) is 10.6. The van der Waals surface area contributed by atoms with Gasteiger partial charge in [0, 0.05) is 5.02 Å². The topological polar surface area (TPSA) is 83.5 Å². The van der Waals surface area contributed by atoms with Gasteiger partial charge < -0.3 is 5.11 Å². The van der Waals surface area contributed by atoms with Crippen LogP contribution in [0.15, 0.2) is 28.5 Å². The van der Waals surface area contributed by atoms with E-state index in [4.69, 9.17) is 28.3 Å². The second-order valence-corrected chi connectivity index (χ2v) is 7.45. The van der Waals surface area contributed by atoms with Crippen molar-refractivity contribution in [1.82, 2.24) is 0 Å². The van der Waals surface area contributed by atoms with Crippen molar-refractivity contribution in [1.29, 1.82) is 0 Å². The molecule has 0 saturated heterocycles. The number of nitrogens with one attached hydrogen (secondary N) is 1. The van der Waals surface area contributed by atoms with Gasteiger partial charge in [-0.25, -0.2) is 13.2 Å². The van der Waals surface area contributed by atoms with Gasteiger partial charge in [-0.05, 0) is 36.1 Å². The van der Waals surface area contributed by atoms with Crippen molar-refractivity contribution in [3.63, 3.8) is 0 Å². The number of sulfonamides is 1. The van der Waals surface area contributed by atoms with Gasteiger partial charge in [-0.2, -0.15) is 0 Å². The number of halogens is 2. The maximum Gasteiger partial charge on any atom is 0.347 e. The molecule has 1 aromatic carbocycles. The number of aryl methyl sites for hydroxylation is 1. The Morgan fingerprint density at radius 2 is 2.00 bits per heavy atom. The number of benzene rings is 1. The molecule has 0 aliphatic rings. The van der Waals surface area contributed by atoms with Gasteiger partial charge in [0.05, 0.1) is 10.7 Å². The van der Waals surface area contributed by atoms with Crippen LogP contribution in [0.25, 0.3) is 0 Å². The first kappa shape index (κ1) is 16.1. The molecule has 0 aliphatic heterocycles. The summed E-state index contributed by atoms with van der Waals surface area (Å²) in [6.45, 7) is 1.53. The maximum atomic E-state index is 12.4. The van der Waals surface area contributed by atoms with E-state index < -0.39 is 16.0 Å². The van der Waals surface area contributed by atoms with Crippen molar-refractivity contribution in [3.05, 3.63) is 44.1 Å². The van der Waals surface area contributed by atoms with Gasteiger partial charge in [-0.3, -0.25) is 4.72 Å². The fourth-order valence-electron chi connectivity index (χ4n) is 1.68. The lowest BCUT2D eigenvalue weighted by Gasteiger charge is -2.10. The van der Waals surface area contributed by atoms with Gasteiger partial charge in [0.15, 0.2) is 0 Å². The first-order chi connectivity index (χ1) is 9.72. The highest BCUT2D eigenvalue weighted by atomic mass is 35.5. The molecule has 0 unspecified atom stereocenters. The van der Waals surface area contributed by atoms with Crippen LogP contribution in [0.5, 0.6) is 0 Å². The number of anilines is 1. The molecule has 2 N–H and O–H groups in total. The summed E-state index contributed by atoms with van der Waals surface area (Å²) < 4.78 is 27.1. The van der Waals surface area contributed by atoms with E-state index in [2.05, 4.69) is 4.72 Å². The number of carboxylic acids is 1. The second-order valence-electron chi connectivity index (χ2n) is 4.11. The van der Waals surface area contributed by atoms with Crippen LogP contribution in [0, 0.1) is 6.92 Å². The zero-order valence-electron chi connectivity index (χ0n) is 10.6. The van der Waals surface area contributed by atoms with Crippen LogP contribution in [-0.4, -0.2) is 19.5 Å². The molecule has 0 radical (unpaired) electrons. The van der Waals surface area contributed by atoms with E-state index in [1.165, 1.54) is 30.5 Å². The Labute approximate surface area is 135 Å². The molecule has 112 valence electrons. The van der Waals surface area contributed by atoms with E-state index in [9.17, 15) is 13.2 Å². The number of hydrogen-bond acceptors (Lipinski definition) is 4. The second kappa shape index (κ2) is 5.84. The lowest BCUT2D eigenvalue weighted by molar-refractivity contribution is 0.0698. The molecule has 0 atom stereocenters. The fourth-order valence-corrected chi connectivity index (χ4v) is 4.91. The molecule has 2 aromatic rings. The first-order valence-corrected chi connectivity index (χ1v) is 8.63. The molecule has 0 saturated carbocycles. The number of carboxylic acid groups (broad SMARTS) is 1. The molecule has 5 nitrogen and oxygen atoms in total. The molecule has 0 bridgehead atoms. The molecule has 1 aromatic heterocycles. The van der Waals surface area contributed by atoms with E-state index in [0.717, 1.165) is 11.3 Å². The van der Waals surface area contributed by atoms with E-state index in [0.29, 0.717) is 10.6 Å². The molecule has 21 heavy (non-hydrogen) atoms. The molecular weight excluding hydrogens is 357 g/mol. The zero-order chi connectivity index (χ0) is 15.8. The predicted molar refractivity (Wildman–Crippen MR) is 83.3 cm³/mol. The van der Waals surface area contributed by atoms with Crippen LogP contribution in [0.2, 0.25) is 10.0 Å². The highest BCUT2D eigenvalue weighted by Gasteiger charge is 2.27. The van der Waals surface area contributed by atoms with Crippen molar-refractivity contribution < 1.29 is 18.3 Å². The Hall–Kier alpha value is -1.28. The average Bonchev–Trinajstić information content (AvgIpc) is 2.76. The van der Waals surface area contributed by atoms with Gasteiger partial charge in [0.2, 0.25) is 0 Å². The van der Waals surface area contributed by atoms with Crippen LogP contribution in [0.1, 0.15) is 15.2 Å². The summed E-state index contributed by atoms with van der Waals surface area (Å²) in [5.74, 6) is -1.30. The summed E-state index contributed by atoms with van der Waals surface area (Å²) in [6, 6.07) is 4.27. The quantitative estimate of drug-likeness (QED) is 0.861. The number of carbonyl (C=O) groups is 1. The summed E-state index contributed by atoms with van der Waals surface area (Å²) in [5.41, 5.74) is 0.484. The van der Waals surface area contributed by atoms with Crippen molar-refractivity contribution in [2.75, 3.05) is 4.72 Å². The fraction of sp³-hybridized carbons (Fsp3) is 0.0833. The average molecular weight is 366 g/mol. The third-order valence-electron chi connectivity index (χ3n) is 2.56. The number of hydrogen-bond donors (Lipinski definition) is 2. The van der Waals surface area contributed by atoms with E-state index in [1.807, 2.05) is 0 Å². The number of aromatic carboxylic acids is 1. The van der Waals surface area contributed by atoms with Crippen molar-refractivity contribution in [3.8, 4) is 0 Å². The standard InChI is InChI=1S/C12H9Cl2NO4S2/c1-6-5-20-10(12(16)17)11(6)21(18,19)15-9-3-2-7(13)4-8(9)14/h2-5,15H,1H3,(H,16,17). The van der Waals surface area contributed by atoms with E-state index in [-0.39, 0.29) is 20.5 Å². The lowest BCUT2D eigenvalue weighted by atomic mass is 10.3. The smallest absolute Gasteiger partial charge is 0.347 e. The maximum absolute atomic E-state index is 12.4. The minimum absolute atomic E-state index is 0.121. The number of rotatable bonds is 4. The van der Waals surface area contributed by atoms with Crippen LogP contribution < -0.4 is 4.72 Å². The van der Waals surface area contributed by atoms with Crippen LogP contribution >= 0.6 is 34.5 Å². The Morgan fingerprint density at radius 3 is 2.57 bits per heavy atom. The summed E-state index contributed by atoms with van der Waals surface area (Å²) in [6.07, 6.45) is 0. The molecule has 2 rings (SSSR count). The Balaban J connectivity index is 2.48. The first-order valence-electron chi connectivity index (χ1n) is 5.51. The van der Waals surface area contributed by atoms with Crippen LogP contribution in [-0.2, 0) is 10.0 Å². The van der Waals surface area contributed by atoms with Crippen LogP contribution in [0.3, 0.4) is 0 Å². The monoisotopic (exact) mass is 365 g/mol. The Morgan fingerprint density at radius 1 is 1.33 bits per heavy atom. The minimum Gasteiger partial charge on any atom is -0.477 e. The molecule has 9 heteroatoms. The van der Waals surface area contributed by atoms with Gasteiger partial charge in [-0.1, -0.05) is 23.2 Å². The minimum atomic E-state index is -4.06. The molecule has 0 fully saturated rings. The Kier molecular flexibility index (Phi) is 4.48. The molecule has 0 spiro atoms. The van der Waals surface area contributed by atoms with Gasteiger partial charge in [0.1, 0.15) is 9.77 Å². The molecule has 1 heterocycles. The summed E-state index contributed by atoms with van der Waals surface area (Å²) in [5, 5.41) is 11.0. The Bertz CT molecular complexity index is 815.